The smallest absolute Gasteiger partial charge is 0.312 e. The monoisotopic (exact) mass is 260 g/mol. The third kappa shape index (κ3) is 1.39. The second kappa shape index (κ2) is 3.60. The molecule has 3 nitrogen and oxygen atoms in total. The van der Waals surface area contributed by atoms with Gasteiger partial charge in [-0.1, -0.05) is 30.9 Å². The maximum atomic E-state index is 12.0. The Bertz CT molecular complexity index is 518. The highest BCUT2D eigenvalue weighted by Gasteiger charge is 3.05. The first-order chi connectivity index (χ1) is 8.64. The minimum Gasteiger partial charge on any atom is -0.465 e. The van der Waals surface area contributed by atoms with E-state index in [1.807, 2.05) is 6.08 Å². The highest BCUT2D eigenvalue weighted by molar-refractivity contribution is 5.92. The maximum absolute atomic E-state index is 12.0. The maximum Gasteiger partial charge on any atom is 0.312 e. The summed E-state index contributed by atoms with van der Waals surface area (Å²) in [6.45, 7) is 8.34. The van der Waals surface area contributed by atoms with Gasteiger partial charge < -0.3 is 10.2 Å². The third-order valence-corrected chi connectivity index (χ3v) is 5.58. The molecular weight excluding hydrogens is 240 g/mol. The molecular formula is C16H20O3. The molecule has 0 aromatic rings. The highest BCUT2D eigenvalue weighted by Crippen LogP contribution is 3.06. The normalized spacial score (nSPS) is 45.9. The van der Waals surface area contributed by atoms with Crippen LogP contribution in [0, 0.1) is 22.7 Å². The van der Waals surface area contributed by atoms with E-state index >= 15 is 0 Å². The summed E-state index contributed by atoms with van der Waals surface area (Å²) in [7, 11) is 0. The van der Waals surface area contributed by atoms with E-state index in [-0.39, 0.29) is 16.9 Å². The second-order valence-corrected chi connectivity index (χ2v) is 6.46. The van der Waals surface area contributed by atoms with Gasteiger partial charge in [-0.15, -0.1) is 0 Å². The molecule has 4 aliphatic carbocycles. The molecule has 1 spiro atoms. The fraction of sp³-hybridized carbons (Fsp3) is 0.562. The highest BCUT2D eigenvalue weighted by atomic mass is 16.5. The fourth-order valence-corrected chi connectivity index (χ4v) is 4.13. The Balaban J connectivity index is 0.00000110. The van der Waals surface area contributed by atoms with Gasteiger partial charge in [0.2, 0.25) is 0 Å². The molecule has 0 radical (unpaired) electrons. The molecule has 0 bridgehead atoms. The number of allylic oxidation sites excluding steroid dienone is 4. The lowest BCUT2D eigenvalue weighted by molar-refractivity contribution is -0.150. The minimum absolute atomic E-state index is 0. The summed E-state index contributed by atoms with van der Waals surface area (Å²) in [6, 6.07) is 0. The number of hydrogen-bond acceptors (Lipinski definition) is 2. The number of esters is 1. The van der Waals surface area contributed by atoms with Gasteiger partial charge in [-0.05, 0) is 42.6 Å². The van der Waals surface area contributed by atoms with Crippen LogP contribution in [0.5, 0.6) is 0 Å². The molecule has 4 unspecified atom stereocenters. The van der Waals surface area contributed by atoms with E-state index in [0.29, 0.717) is 23.9 Å². The Hall–Kier alpha value is -1.35. The zero-order chi connectivity index (χ0) is 12.5. The van der Waals surface area contributed by atoms with Crippen LogP contribution < -0.4 is 0 Å². The molecule has 0 aliphatic heterocycles. The number of carbonyl (C=O) groups excluding carboxylic acids is 1. The fourth-order valence-electron chi connectivity index (χ4n) is 4.13. The molecule has 102 valence electrons. The van der Waals surface area contributed by atoms with Crippen LogP contribution in [0.1, 0.15) is 25.7 Å². The van der Waals surface area contributed by atoms with E-state index in [2.05, 4.69) is 13.2 Å². The molecule has 4 saturated carbocycles. The first kappa shape index (κ1) is 12.7. The molecule has 0 aromatic heterocycles. The molecule has 0 saturated heterocycles. The average Bonchev–Trinajstić information content (AvgIpc) is 3.23. The van der Waals surface area contributed by atoms with Crippen LogP contribution in [0.2, 0.25) is 0 Å². The van der Waals surface area contributed by atoms with Crippen LogP contribution >= 0.6 is 0 Å². The van der Waals surface area contributed by atoms with Crippen LogP contribution in [0.25, 0.3) is 0 Å². The molecule has 2 N–H and O–H groups in total. The molecule has 19 heavy (non-hydrogen) atoms. The Morgan fingerprint density at radius 3 is 2.74 bits per heavy atom. The lowest BCUT2D eigenvalue weighted by Crippen LogP contribution is -2.19. The van der Waals surface area contributed by atoms with Crippen LogP contribution in [0.3, 0.4) is 0 Å². The van der Waals surface area contributed by atoms with Gasteiger partial charge in [-0.25, -0.2) is 0 Å². The summed E-state index contributed by atoms with van der Waals surface area (Å²) in [5, 5.41) is 0. The van der Waals surface area contributed by atoms with Crippen molar-refractivity contribution in [3.63, 3.8) is 0 Å². The van der Waals surface area contributed by atoms with Gasteiger partial charge in [-0.2, -0.15) is 0 Å². The second-order valence-electron chi connectivity index (χ2n) is 6.46. The zero-order valence-electron chi connectivity index (χ0n) is 11.1. The van der Waals surface area contributed by atoms with E-state index in [1.165, 1.54) is 17.6 Å². The van der Waals surface area contributed by atoms with E-state index in [0.717, 1.165) is 19.3 Å². The van der Waals surface area contributed by atoms with Gasteiger partial charge in [0.25, 0.3) is 0 Å². The Morgan fingerprint density at radius 1 is 1.47 bits per heavy atom. The lowest BCUT2D eigenvalue weighted by atomic mass is 10.1. The first-order valence-electron chi connectivity index (χ1n) is 6.81. The number of fused-ring (bicyclic) bond motifs is 1. The molecule has 0 aromatic carbocycles. The van der Waals surface area contributed by atoms with Crippen LogP contribution in [-0.4, -0.2) is 18.1 Å². The van der Waals surface area contributed by atoms with Gasteiger partial charge in [0.1, 0.15) is 0 Å². The summed E-state index contributed by atoms with van der Waals surface area (Å²) in [5.41, 5.74) is 2.94. The Labute approximate surface area is 113 Å². The van der Waals surface area contributed by atoms with Crippen molar-refractivity contribution < 1.29 is 15.0 Å². The summed E-state index contributed by atoms with van der Waals surface area (Å²) in [5.74, 6) is 1.23. The standard InChI is InChI=1S/C16H18O2.H2O/c1-3-4-12-6-11(5-10(12)2)8-18-14(17)16-9-15(16)7-13(15)16;/h3-4,11,13H,1-2,5-9H2;1H2/b12-4-;. The number of rotatable bonds is 4. The van der Waals surface area contributed by atoms with Crippen molar-refractivity contribution in [3.8, 4) is 0 Å². The van der Waals surface area contributed by atoms with Crippen LogP contribution in [0.4, 0.5) is 0 Å². The molecule has 3 heteroatoms. The van der Waals surface area contributed by atoms with Crippen molar-refractivity contribution in [1.29, 1.82) is 0 Å². The molecule has 4 aliphatic rings. The predicted molar refractivity (Wildman–Crippen MR) is 72.3 cm³/mol. The minimum atomic E-state index is 0. The van der Waals surface area contributed by atoms with E-state index in [1.54, 1.807) is 6.08 Å². The van der Waals surface area contributed by atoms with Crippen molar-refractivity contribution in [2.24, 2.45) is 22.7 Å². The topological polar surface area (TPSA) is 57.8 Å². The molecule has 4 fully saturated rings. The van der Waals surface area contributed by atoms with E-state index in [9.17, 15) is 4.79 Å². The Kier molecular flexibility index (Phi) is 2.40. The van der Waals surface area contributed by atoms with Crippen molar-refractivity contribution in [2.45, 2.75) is 25.7 Å². The summed E-state index contributed by atoms with van der Waals surface area (Å²) in [4.78, 5) is 12.0. The van der Waals surface area contributed by atoms with Gasteiger partial charge in [0, 0.05) is 5.92 Å². The number of carbonyl (C=O) groups is 1. The van der Waals surface area contributed by atoms with E-state index < -0.39 is 0 Å². The van der Waals surface area contributed by atoms with Gasteiger partial charge in [0.15, 0.2) is 0 Å². The third-order valence-electron chi connectivity index (χ3n) is 5.58. The number of hydrogen-bond donors (Lipinski definition) is 0. The van der Waals surface area contributed by atoms with Crippen molar-refractivity contribution in [2.75, 3.05) is 6.61 Å². The van der Waals surface area contributed by atoms with Crippen LogP contribution in [-0.2, 0) is 9.53 Å². The molecule has 0 amide bonds. The first-order valence-corrected chi connectivity index (χ1v) is 6.81. The summed E-state index contributed by atoms with van der Waals surface area (Å²) >= 11 is 0. The van der Waals surface area contributed by atoms with Crippen LogP contribution in [0.15, 0.2) is 36.5 Å². The quantitative estimate of drug-likeness (QED) is 0.727. The zero-order valence-corrected chi connectivity index (χ0v) is 11.1. The average molecular weight is 260 g/mol. The van der Waals surface area contributed by atoms with Crippen molar-refractivity contribution in [3.05, 3.63) is 36.5 Å². The summed E-state index contributed by atoms with van der Waals surface area (Å²) in [6.07, 6.45) is 8.15. The molecule has 4 rings (SSSR count). The molecule has 4 atom stereocenters. The van der Waals surface area contributed by atoms with Crippen molar-refractivity contribution >= 4 is 5.97 Å². The summed E-state index contributed by atoms with van der Waals surface area (Å²) < 4.78 is 5.53. The lowest BCUT2D eigenvalue weighted by Gasteiger charge is -2.12. The predicted octanol–water partition coefficient (Wildman–Crippen LogP) is 2.19. The van der Waals surface area contributed by atoms with Gasteiger partial charge >= 0.3 is 5.97 Å². The SMILES string of the molecule is C=C/C=C1/CC(COC(=O)C23CC24CC43)CC1=C.O. The molecule has 0 heterocycles. The Morgan fingerprint density at radius 2 is 2.21 bits per heavy atom. The van der Waals surface area contributed by atoms with Crippen molar-refractivity contribution in [1.82, 2.24) is 0 Å². The van der Waals surface area contributed by atoms with E-state index in [4.69, 9.17) is 4.74 Å². The van der Waals surface area contributed by atoms with Gasteiger partial charge in [-0.3, -0.25) is 4.79 Å². The number of ether oxygens (including phenoxy) is 1. The largest absolute Gasteiger partial charge is 0.465 e. The van der Waals surface area contributed by atoms with Gasteiger partial charge in [0.05, 0.1) is 12.0 Å².